The van der Waals surface area contributed by atoms with Crippen LogP contribution in [-0.4, -0.2) is 97.2 Å². The van der Waals surface area contributed by atoms with Crippen molar-refractivity contribution in [1.82, 2.24) is 9.80 Å². The van der Waals surface area contributed by atoms with Gasteiger partial charge in [-0.15, -0.1) is 0 Å². The quantitative estimate of drug-likeness (QED) is 0.276. The fourth-order valence-corrected chi connectivity index (χ4v) is 7.70. The monoisotopic (exact) mass is 460 g/mol. The zero-order valence-electron chi connectivity index (χ0n) is 20.1. The van der Waals surface area contributed by atoms with Crippen molar-refractivity contribution in [3.63, 3.8) is 0 Å². The molecule has 0 rings (SSSR count). The van der Waals surface area contributed by atoms with Crippen molar-refractivity contribution >= 4 is 28.1 Å². The highest BCUT2D eigenvalue weighted by molar-refractivity contribution is 6.58. The maximum Gasteiger partial charge on any atom is 0.440 e. The Bertz CT molecular complexity index is 415. The molecule has 0 saturated heterocycles. The summed E-state index contributed by atoms with van der Waals surface area (Å²) in [4.78, 5) is 4.84. The van der Waals surface area contributed by atoms with Gasteiger partial charge in [-0.2, -0.15) is 0 Å². The lowest BCUT2D eigenvalue weighted by Crippen LogP contribution is -2.39. The van der Waals surface area contributed by atoms with Gasteiger partial charge in [0.25, 0.3) is 0 Å². The first kappa shape index (κ1) is 29.0. The molecule has 0 bridgehead atoms. The maximum atomic E-state index is 6.04. The molecule has 29 heavy (non-hydrogen) atoms. The van der Waals surface area contributed by atoms with E-state index in [1.807, 2.05) is 13.8 Å². The molecule has 0 aliphatic carbocycles. The van der Waals surface area contributed by atoms with Crippen LogP contribution in [0.25, 0.3) is 0 Å². The second-order valence-electron chi connectivity index (χ2n) is 6.56. The van der Waals surface area contributed by atoms with Crippen LogP contribution >= 0.6 is 0 Å². The van der Waals surface area contributed by atoms with Crippen LogP contribution < -0.4 is 0 Å². The van der Waals surface area contributed by atoms with Gasteiger partial charge in [0.15, 0.2) is 0 Å². The summed E-state index contributed by atoms with van der Waals surface area (Å²) in [6.07, 6.45) is 2.18. The van der Waals surface area contributed by atoms with E-state index in [-0.39, 0.29) is 0 Å². The second kappa shape index (κ2) is 18.7. The third-order valence-electron chi connectivity index (χ3n) is 4.32. The minimum atomic E-state index is -1.43. The molecule has 0 atom stereocenters. The van der Waals surface area contributed by atoms with E-state index < -0.39 is 18.6 Å². The van der Waals surface area contributed by atoms with Crippen LogP contribution in [0.2, 0.25) is 6.04 Å². The smallest absolute Gasteiger partial charge is 0.394 e. The Morgan fingerprint density at radius 1 is 0.828 bits per heavy atom. The molecule has 170 valence electrons. The minimum Gasteiger partial charge on any atom is -0.394 e. The molecule has 0 aromatic rings. The average Bonchev–Trinajstić information content (AvgIpc) is 2.70. The Kier molecular flexibility index (Phi) is 18.7. The predicted octanol–water partition coefficient (Wildman–Crippen LogP) is 3.20. The van der Waals surface area contributed by atoms with E-state index in [0.717, 1.165) is 61.0 Å². The van der Waals surface area contributed by atoms with Crippen LogP contribution in [0.15, 0.2) is 10.5 Å². The number of hydrogen-bond donors (Lipinski definition) is 0. The standard InChI is InChI=1S/C20H44N2O4Si3/c1-9-22(10-2)20(29(25-13-5)26-14-6)19(7)27-18-21(8)16-15-17-28(23-11-3)24-12-4/h9-18H2,1-8H3. The molecule has 0 aliphatic heterocycles. The molecular weight excluding hydrogens is 416 g/mol. The van der Waals surface area contributed by atoms with E-state index in [2.05, 4.69) is 51.5 Å². The summed E-state index contributed by atoms with van der Waals surface area (Å²) >= 11 is 0. The Morgan fingerprint density at radius 3 is 1.79 bits per heavy atom. The molecule has 0 aromatic carbocycles. The van der Waals surface area contributed by atoms with Gasteiger partial charge in [0.05, 0.1) is 14.8 Å². The Labute approximate surface area is 186 Å². The van der Waals surface area contributed by atoms with Crippen molar-refractivity contribution in [2.24, 2.45) is 0 Å². The van der Waals surface area contributed by atoms with Crippen molar-refractivity contribution < 1.29 is 17.7 Å². The second-order valence-corrected chi connectivity index (χ2v) is 11.4. The van der Waals surface area contributed by atoms with Gasteiger partial charge in [0.2, 0.25) is 0 Å². The topological polar surface area (TPSA) is 43.4 Å². The molecule has 0 N–H and O–H groups in total. The Morgan fingerprint density at radius 2 is 1.34 bits per heavy atom. The van der Waals surface area contributed by atoms with Gasteiger partial charge in [0.1, 0.15) is 0 Å². The molecule has 0 heterocycles. The first-order valence-corrected chi connectivity index (χ1v) is 15.2. The van der Waals surface area contributed by atoms with E-state index in [0.29, 0.717) is 13.2 Å². The zero-order chi connectivity index (χ0) is 22.1. The lowest BCUT2D eigenvalue weighted by atomic mass is 10.5. The fourth-order valence-electron chi connectivity index (χ4n) is 2.92. The first-order chi connectivity index (χ1) is 14.0. The number of nitrogens with zero attached hydrogens (tertiary/aromatic N) is 2. The first-order valence-electron chi connectivity index (χ1n) is 11.1. The molecule has 0 fully saturated rings. The molecule has 9 heteroatoms. The van der Waals surface area contributed by atoms with Crippen LogP contribution in [0.3, 0.4) is 0 Å². The highest BCUT2D eigenvalue weighted by Gasteiger charge is 2.27. The summed E-state index contributed by atoms with van der Waals surface area (Å²) < 4.78 is 23.6. The van der Waals surface area contributed by atoms with E-state index in [4.69, 9.17) is 17.7 Å². The van der Waals surface area contributed by atoms with Crippen LogP contribution in [0.5, 0.6) is 0 Å². The lowest BCUT2D eigenvalue weighted by Gasteiger charge is -2.30. The summed E-state index contributed by atoms with van der Waals surface area (Å²) in [6.45, 7) is 20.8. The normalized spacial score (nSPS) is 12.9. The summed E-state index contributed by atoms with van der Waals surface area (Å²) in [5.41, 5.74) is 0. The van der Waals surface area contributed by atoms with E-state index in [9.17, 15) is 0 Å². The van der Waals surface area contributed by atoms with E-state index in [1.54, 1.807) is 0 Å². The van der Waals surface area contributed by atoms with Gasteiger partial charge < -0.3 is 27.5 Å². The third-order valence-corrected chi connectivity index (χ3v) is 10.2. The van der Waals surface area contributed by atoms with Crippen LogP contribution in [0, 0.1) is 0 Å². The zero-order valence-corrected chi connectivity index (χ0v) is 23.1. The van der Waals surface area contributed by atoms with Gasteiger partial charge in [-0.25, -0.2) is 0 Å². The van der Waals surface area contributed by atoms with Crippen molar-refractivity contribution in [2.45, 2.75) is 60.9 Å². The fraction of sp³-hybridized carbons (Fsp3) is 0.900. The van der Waals surface area contributed by atoms with Gasteiger partial charge in [0, 0.05) is 39.5 Å². The highest BCUT2D eigenvalue weighted by Crippen LogP contribution is 2.16. The summed E-state index contributed by atoms with van der Waals surface area (Å²) in [5, 5.41) is 2.73. The summed E-state index contributed by atoms with van der Waals surface area (Å²) in [5.74, 6) is 0. The number of allylic oxidation sites excluding steroid dienone is 1. The predicted molar refractivity (Wildman–Crippen MR) is 126 cm³/mol. The van der Waals surface area contributed by atoms with Crippen molar-refractivity contribution in [3.05, 3.63) is 10.5 Å². The largest absolute Gasteiger partial charge is 0.440 e. The van der Waals surface area contributed by atoms with Gasteiger partial charge >= 0.3 is 18.6 Å². The van der Waals surface area contributed by atoms with Crippen molar-refractivity contribution in [1.29, 1.82) is 0 Å². The highest BCUT2D eigenvalue weighted by atomic mass is 28.3. The number of rotatable bonds is 19. The lowest BCUT2D eigenvalue weighted by molar-refractivity contribution is 0.208. The van der Waals surface area contributed by atoms with Crippen molar-refractivity contribution in [3.8, 4) is 0 Å². The SMILES string of the molecule is CCO[Si](CCCN(C)C[Si]C(C)=C(N(CC)CC)[Si](OCC)OCC)OCC. The molecule has 4 radical (unpaired) electrons. The Balaban J connectivity index is 4.86. The van der Waals surface area contributed by atoms with Gasteiger partial charge in [-0.05, 0) is 80.7 Å². The van der Waals surface area contributed by atoms with E-state index in [1.165, 1.54) is 10.5 Å². The molecule has 0 aliphatic rings. The van der Waals surface area contributed by atoms with E-state index >= 15 is 0 Å². The molecule has 0 amide bonds. The molecule has 0 aromatic heterocycles. The van der Waals surface area contributed by atoms with Crippen LogP contribution in [0.4, 0.5) is 0 Å². The van der Waals surface area contributed by atoms with Crippen LogP contribution in [-0.2, 0) is 17.7 Å². The third kappa shape index (κ3) is 12.4. The summed E-state index contributed by atoms with van der Waals surface area (Å²) in [7, 11) is 0.433. The van der Waals surface area contributed by atoms with Gasteiger partial charge in [-0.3, -0.25) is 0 Å². The maximum absolute atomic E-state index is 6.04. The minimum absolute atomic E-state index is 0.693. The average molecular weight is 461 g/mol. The Hall–Kier alpha value is -0.00935. The molecule has 0 unspecified atom stereocenters. The van der Waals surface area contributed by atoms with Crippen molar-refractivity contribution in [2.75, 3.05) is 59.3 Å². The van der Waals surface area contributed by atoms with Crippen LogP contribution in [0.1, 0.15) is 54.9 Å². The van der Waals surface area contributed by atoms with Gasteiger partial charge in [-0.1, -0.05) is 5.20 Å². The molecule has 6 nitrogen and oxygen atoms in total. The molecular formula is C20H44N2O4Si3. The molecule has 0 spiro atoms. The summed E-state index contributed by atoms with van der Waals surface area (Å²) in [6, 6.07) is 1.04. The number of hydrogen-bond acceptors (Lipinski definition) is 6. The molecule has 0 saturated carbocycles.